The van der Waals surface area contributed by atoms with Gasteiger partial charge in [0.2, 0.25) is 11.8 Å². The largest absolute Gasteiger partial charge is 0.497 e. The quantitative estimate of drug-likeness (QED) is 0.630. The van der Waals surface area contributed by atoms with Crippen molar-refractivity contribution in [1.82, 2.24) is 10.2 Å². The van der Waals surface area contributed by atoms with Gasteiger partial charge >= 0.3 is 0 Å². The normalized spacial score (nSPS) is 10.6. The lowest BCUT2D eigenvalue weighted by atomic mass is 10.2. The summed E-state index contributed by atoms with van der Waals surface area (Å²) < 4.78 is 24.0. The van der Waals surface area contributed by atoms with Crippen molar-refractivity contribution in [2.24, 2.45) is 0 Å². The highest BCUT2D eigenvalue weighted by Crippen LogP contribution is 2.25. The van der Waals surface area contributed by atoms with E-state index in [-0.39, 0.29) is 21.9 Å². The van der Waals surface area contributed by atoms with Crippen LogP contribution in [-0.4, -0.2) is 29.0 Å². The van der Waals surface area contributed by atoms with Crippen molar-refractivity contribution in [3.63, 3.8) is 0 Å². The van der Waals surface area contributed by atoms with Crippen molar-refractivity contribution >= 4 is 35.0 Å². The Hall–Kier alpha value is -2.58. The zero-order chi connectivity index (χ0) is 18.5. The Labute approximate surface area is 157 Å². The Balaban J connectivity index is 1.56. The summed E-state index contributed by atoms with van der Waals surface area (Å²) in [7, 11) is 1.58. The van der Waals surface area contributed by atoms with E-state index in [0.717, 1.165) is 29.1 Å². The summed E-state index contributed by atoms with van der Waals surface area (Å²) in [5, 5.41) is 10.7. The summed E-state index contributed by atoms with van der Waals surface area (Å²) in [5.74, 6) is 0.168. The number of aromatic nitrogens is 2. The summed E-state index contributed by atoms with van der Waals surface area (Å²) >= 11 is 6.68. The molecule has 1 amide bonds. The van der Waals surface area contributed by atoms with Gasteiger partial charge in [-0.15, -0.1) is 10.2 Å². The number of anilines is 1. The molecule has 1 aromatic heterocycles. The van der Waals surface area contributed by atoms with Crippen LogP contribution in [0.4, 0.5) is 10.1 Å². The number of nitrogens with one attached hydrogen (secondary N) is 1. The summed E-state index contributed by atoms with van der Waals surface area (Å²) in [6.45, 7) is 0. The molecule has 134 valence electrons. The lowest BCUT2D eigenvalue weighted by molar-refractivity contribution is -0.113. The molecule has 0 unspecified atom stereocenters. The average Bonchev–Trinajstić information content (AvgIpc) is 3.12. The molecule has 0 aliphatic rings. The van der Waals surface area contributed by atoms with E-state index in [2.05, 4.69) is 15.5 Å². The molecule has 0 atom stereocenters. The van der Waals surface area contributed by atoms with E-state index in [1.54, 1.807) is 31.4 Å². The SMILES string of the molecule is COc1ccc(-c2nnc(SCC(=O)Nc3ccc(Cl)c(F)c3)o2)cc1. The molecule has 0 aliphatic carbocycles. The molecule has 26 heavy (non-hydrogen) atoms. The number of hydrogen-bond acceptors (Lipinski definition) is 6. The standard InChI is InChI=1S/C17H13ClFN3O3S/c1-24-12-5-2-10(3-6-12)16-21-22-17(25-16)26-9-15(23)20-11-4-7-13(18)14(19)8-11/h2-8H,9H2,1H3,(H,20,23). The van der Waals surface area contributed by atoms with E-state index in [0.29, 0.717) is 11.6 Å². The van der Waals surface area contributed by atoms with Gasteiger partial charge in [-0.2, -0.15) is 0 Å². The highest BCUT2D eigenvalue weighted by atomic mass is 35.5. The van der Waals surface area contributed by atoms with Gasteiger partial charge in [0.1, 0.15) is 11.6 Å². The van der Waals surface area contributed by atoms with Crippen LogP contribution in [0.25, 0.3) is 11.5 Å². The first-order chi connectivity index (χ1) is 12.5. The van der Waals surface area contributed by atoms with Crippen LogP contribution in [0.2, 0.25) is 5.02 Å². The van der Waals surface area contributed by atoms with Gasteiger partial charge in [0.15, 0.2) is 0 Å². The third kappa shape index (κ3) is 4.53. The van der Waals surface area contributed by atoms with E-state index in [1.807, 2.05) is 0 Å². The first-order valence-corrected chi connectivity index (χ1v) is 8.77. The van der Waals surface area contributed by atoms with Crippen LogP contribution in [-0.2, 0) is 4.79 Å². The van der Waals surface area contributed by atoms with Crippen molar-refractivity contribution in [2.45, 2.75) is 5.22 Å². The van der Waals surface area contributed by atoms with Gasteiger partial charge in [-0.1, -0.05) is 23.4 Å². The van der Waals surface area contributed by atoms with Gasteiger partial charge in [-0.25, -0.2) is 4.39 Å². The fraction of sp³-hybridized carbons (Fsp3) is 0.118. The first-order valence-electron chi connectivity index (χ1n) is 7.41. The van der Waals surface area contributed by atoms with Crippen LogP contribution in [0, 0.1) is 5.82 Å². The van der Waals surface area contributed by atoms with E-state index in [4.69, 9.17) is 20.8 Å². The molecule has 3 rings (SSSR count). The Morgan fingerprint density at radius 1 is 1.27 bits per heavy atom. The predicted octanol–water partition coefficient (Wildman–Crippen LogP) is 4.27. The van der Waals surface area contributed by atoms with Crippen molar-refractivity contribution in [1.29, 1.82) is 0 Å². The maximum atomic E-state index is 13.4. The number of carbonyl (C=O) groups excluding carboxylic acids is 1. The van der Waals surface area contributed by atoms with Crippen molar-refractivity contribution in [3.8, 4) is 17.2 Å². The Kier molecular flexibility index (Phi) is 5.75. The number of nitrogens with zero attached hydrogens (tertiary/aromatic N) is 2. The van der Waals surface area contributed by atoms with Crippen molar-refractivity contribution in [2.75, 3.05) is 18.2 Å². The lowest BCUT2D eigenvalue weighted by Crippen LogP contribution is -2.14. The molecular weight excluding hydrogens is 381 g/mol. The first kappa shape index (κ1) is 18.2. The molecule has 1 heterocycles. The summed E-state index contributed by atoms with van der Waals surface area (Å²) in [4.78, 5) is 11.9. The summed E-state index contributed by atoms with van der Waals surface area (Å²) in [6, 6.07) is 11.2. The zero-order valence-electron chi connectivity index (χ0n) is 13.5. The average molecular weight is 394 g/mol. The van der Waals surface area contributed by atoms with Crippen LogP contribution in [0.5, 0.6) is 5.75 Å². The molecule has 2 aromatic carbocycles. The predicted molar refractivity (Wildman–Crippen MR) is 97.0 cm³/mol. The molecule has 0 radical (unpaired) electrons. The number of amides is 1. The van der Waals surface area contributed by atoms with Crippen LogP contribution in [0.15, 0.2) is 52.1 Å². The maximum Gasteiger partial charge on any atom is 0.277 e. The fourth-order valence-electron chi connectivity index (χ4n) is 2.02. The smallest absolute Gasteiger partial charge is 0.277 e. The molecule has 9 heteroatoms. The van der Waals surface area contributed by atoms with E-state index in [1.165, 1.54) is 12.1 Å². The number of rotatable bonds is 6. The van der Waals surface area contributed by atoms with Gasteiger partial charge in [0, 0.05) is 11.3 Å². The van der Waals surface area contributed by atoms with E-state index < -0.39 is 5.82 Å². The molecule has 3 aromatic rings. The van der Waals surface area contributed by atoms with Crippen LogP contribution in [0.1, 0.15) is 0 Å². The lowest BCUT2D eigenvalue weighted by Gasteiger charge is -2.04. The van der Waals surface area contributed by atoms with Crippen LogP contribution in [0.3, 0.4) is 0 Å². The van der Waals surface area contributed by atoms with Gasteiger partial charge in [0.05, 0.1) is 17.9 Å². The molecule has 0 saturated carbocycles. The van der Waals surface area contributed by atoms with Gasteiger partial charge in [0.25, 0.3) is 5.22 Å². The number of halogens is 2. The molecule has 6 nitrogen and oxygen atoms in total. The second-order valence-electron chi connectivity index (χ2n) is 5.07. The topological polar surface area (TPSA) is 77.2 Å². The van der Waals surface area contributed by atoms with Gasteiger partial charge in [-0.3, -0.25) is 4.79 Å². The summed E-state index contributed by atoms with van der Waals surface area (Å²) in [5.41, 5.74) is 1.06. The molecule has 0 spiro atoms. The van der Waals surface area contributed by atoms with Crippen LogP contribution < -0.4 is 10.1 Å². The second kappa shape index (κ2) is 8.20. The highest BCUT2D eigenvalue weighted by Gasteiger charge is 2.12. The third-order valence-corrected chi connectivity index (χ3v) is 4.40. The minimum Gasteiger partial charge on any atom is -0.497 e. The number of thioether (sulfide) groups is 1. The molecular formula is C17H13ClFN3O3S. The van der Waals surface area contributed by atoms with Gasteiger partial charge < -0.3 is 14.5 Å². The summed E-state index contributed by atoms with van der Waals surface area (Å²) in [6.07, 6.45) is 0. The number of ether oxygens (including phenoxy) is 1. The molecule has 0 saturated heterocycles. The molecule has 0 bridgehead atoms. The Morgan fingerprint density at radius 2 is 2.04 bits per heavy atom. The number of methoxy groups -OCH3 is 1. The van der Waals surface area contributed by atoms with Gasteiger partial charge in [-0.05, 0) is 42.5 Å². The number of benzene rings is 2. The second-order valence-corrected chi connectivity index (χ2v) is 6.40. The van der Waals surface area contributed by atoms with Crippen molar-refractivity contribution in [3.05, 3.63) is 53.3 Å². The zero-order valence-corrected chi connectivity index (χ0v) is 15.1. The third-order valence-electron chi connectivity index (χ3n) is 3.27. The monoisotopic (exact) mass is 393 g/mol. The van der Waals surface area contributed by atoms with Crippen molar-refractivity contribution < 1.29 is 18.3 Å². The minimum absolute atomic E-state index is 0.00528. The number of carbonyl (C=O) groups is 1. The van der Waals surface area contributed by atoms with E-state index in [9.17, 15) is 9.18 Å². The highest BCUT2D eigenvalue weighted by molar-refractivity contribution is 7.99. The molecule has 0 aliphatic heterocycles. The van der Waals surface area contributed by atoms with E-state index >= 15 is 0 Å². The fourth-order valence-corrected chi connectivity index (χ4v) is 2.70. The molecule has 0 fully saturated rings. The Morgan fingerprint density at radius 3 is 2.73 bits per heavy atom. The number of hydrogen-bond donors (Lipinski definition) is 1. The minimum atomic E-state index is -0.599. The Bertz CT molecular complexity index is 918. The van der Waals surface area contributed by atoms with Crippen LogP contribution >= 0.6 is 23.4 Å². The molecule has 1 N–H and O–H groups in total. The maximum absolute atomic E-state index is 13.4.